The van der Waals surface area contributed by atoms with Gasteiger partial charge in [0.25, 0.3) is 11.8 Å². The molecular formula is C36H35N5O5S. The number of nitrogens with two attached hydrogens (primary N) is 1. The zero-order valence-electron chi connectivity index (χ0n) is 26.2. The lowest BCUT2D eigenvalue weighted by Gasteiger charge is -2.31. The van der Waals surface area contributed by atoms with E-state index in [9.17, 15) is 24.8 Å². The minimum atomic E-state index is -1.37. The standard InChI is InChI=1S/C36H35N5O5S/c1-20-14-22(18-37)15-21(2)30(20)40-33(42)26-16-27-29(46-12-8-23-9-13-47-32(23)27)17-25(26)24-6-7-28(39-31(24)35(44)45)34(43)41-36(19-38)10-4-3-5-11-36/h6-7,9,13-17H,3-5,8,10-12,18,37H2,1-2H3,(H,40,42)(H,41,43)(H,44,45). The number of hydrogen-bond donors (Lipinski definition) is 4. The molecule has 1 saturated carbocycles. The predicted octanol–water partition coefficient (Wildman–Crippen LogP) is 6.39. The zero-order valence-corrected chi connectivity index (χ0v) is 27.1. The molecule has 2 aromatic heterocycles. The van der Waals surface area contributed by atoms with Crippen molar-refractivity contribution in [3.05, 3.63) is 87.0 Å². The number of anilines is 1. The van der Waals surface area contributed by atoms with E-state index in [1.54, 1.807) is 23.5 Å². The van der Waals surface area contributed by atoms with Crippen molar-refractivity contribution in [3.63, 3.8) is 0 Å². The molecule has 3 heterocycles. The molecule has 2 amide bonds. The molecule has 2 aliphatic rings. The van der Waals surface area contributed by atoms with Gasteiger partial charge in [0.15, 0.2) is 5.69 Å². The Bertz CT molecular complexity index is 1930. The van der Waals surface area contributed by atoms with Crippen LogP contribution in [0, 0.1) is 25.2 Å². The van der Waals surface area contributed by atoms with E-state index in [4.69, 9.17) is 10.5 Å². The summed E-state index contributed by atoms with van der Waals surface area (Å²) in [5, 5.41) is 28.0. The average molecular weight is 650 g/mol. The third kappa shape index (κ3) is 6.22. The fraction of sp³-hybridized carbons (Fsp3) is 0.306. The van der Waals surface area contributed by atoms with Gasteiger partial charge in [-0.05, 0) is 84.7 Å². The van der Waals surface area contributed by atoms with Crippen LogP contribution in [-0.2, 0) is 13.0 Å². The van der Waals surface area contributed by atoms with Crippen LogP contribution in [-0.4, -0.2) is 40.0 Å². The SMILES string of the molecule is Cc1cc(CN)cc(C)c1NC(=O)c1cc2c(cc1-c1ccc(C(=O)NC3(C#N)CCCCC3)nc1C(=O)O)OCCc1ccsc1-2. The maximum atomic E-state index is 14.2. The van der Waals surface area contributed by atoms with Crippen molar-refractivity contribution in [2.24, 2.45) is 5.73 Å². The number of benzene rings is 2. The lowest BCUT2D eigenvalue weighted by atomic mass is 9.83. The number of rotatable bonds is 7. The normalized spacial score (nSPS) is 14.9. The van der Waals surface area contributed by atoms with E-state index in [0.29, 0.717) is 49.4 Å². The first-order valence-corrected chi connectivity index (χ1v) is 16.5. The Hall–Kier alpha value is -5.05. The van der Waals surface area contributed by atoms with Gasteiger partial charge in [-0.3, -0.25) is 9.59 Å². The number of carbonyl (C=O) groups excluding carboxylic acids is 2. The van der Waals surface area contributed by atoms with Crippen LogP contribution in [0.4, 0.5) is 5.69 Å². The van der Waals surface area contributed by atoms with Crippen LogP contribution >= 0.6 is 11.3 Å². The summed E-state index contributed by atoms with van der Waals surface area (Å²) in [6.45, 7) is 4.57. The van der Waals surface area contributed by atoms with Gasteiger partial charge in [-0.15, -0.1) is 11.3 Å². The Morgan fingerprint density at radius 2 is 1.77 bits per heavy atom. The smallest absolute Gasteiger partial charge is 0.355 e. The van der Waals surface area contributed by atoms with E-state index in [-0.39, 0.29) is 16.8 Å². The van der Waals surface area contributed by atoms with Gasteiger partial charge in [0.05, 0.1) is 12.7 Å². The number of ether oxygens (including phenoxy) is 1. The monoisotopic (exact) mass is 649 g/mol. The molecule has 0 atom stereocenters. The second-order valence-electron chi connectivity index (χ2n) is 12.1. The fourth-order valence-corrected chi connectivity index (χ4v) is 7.52. The van der Waals surface area contributed by atoms with Crippen LogP contribution in [0.25, 0.3) is 21.6 Å². The Morgan fingerprint density at radius 1 is 1.02 bits per heavy atom. The highest BCUT2D eigenvalue weighted by Crippen LogP contribution is 2.43. The van der Waals surface area contributed by atoms with Crippen molar-refractivity contribution in [1.82, 2.24) is 10.3 Å². The van der Waals surface area contributed by atoms with Crippen LogP contribution in [0.5, 0.6) is 5.75 Å². The summed E-state index contributed by atoms with van der Waals surface area (Å²) in [7, 11) is 0. The Morgan fingerprint density at radius 3 is 2.45 bits per heavy atom. The number of aromatic nitrogens is 1. The van der Waals surface area contributed by atoms with E-state index < -0.39 is 29.0 Å². The van der Waals surface area contributed by atoms with Gasteiger partial charge in [0.2, 0.25) is 0 Å². The van der Waals surface area contributed by atoms with Crippen molar-refractivity contribution in [2.45, 2.75) is 64.5 Å². The molecule has 0 radical (unpaired) electrons. The van der Waals surface area contributed by atoms with E-state index in [2.05, 4.69) is 21.7 Å². The predicted molar refractivity (Wildman–Crippen MR) is 180 cm³/mol. The highest BCUT2D eigenvalue weighted by molar-refractivity contribution is 7.13. The minimum Gasteiger partial charge on any atom is -0.493 e. The molecular weight excluding hydrogens is 614 g/mol. The van der Waals surface area contributed by atoms with Crippen molar-refractivity contribution in [1.29, 1.82) is 5.26 Å². The molecule has 5 N–H and O–H groups in total. The highest BCUT2D eigenvalue weighted by Gasteiger charge is 2.35. The summed E-state index contributed by atoms with van der Waals surface area (Å²) in [4.78, 5) is 45.4. The lowest BCUT2D eigenvalue weighted by Crippen LogP contribution is -2.48. The first kappa shape index (κ1) is 31.9. The summed E-state index contributed by atoms with van der Waals surface area (Å²) in [5.41, 5.74) is 10.1. The van der Waals surface area contributed by atoms with Gasteiger partial charge in [0.1, 0.15) is 17.0 Å². The summed E-state index contributed by atoms with van der Waals surface area (Å²) in [5.74, 6) is -1.91. The van der Waals surface area contributed by atoms with Crippen LogP contribution in [0.15, 0.2) is 47.8 Å². The number of aromatic carboxylic acids is 1. The molecule has 0 spiro atoms. The van der Waals surface area contributed by atoms with Crippen molar-refractivity contribution in [2.75, 3.05) is 11.9 Å². The number of thiophene rings is 1. The van der Waals surface area contributed by atoms with E-state index >= 15 is 0 Å². The van der Waals surface area contributed by atoms with Crippen molar-refractivity contribution in [3.8, 4) is 33.4 Å². The first-order chi connectivity index (χ1) is 22.6. The molecule has 0 bridgehead atoms. The summed E-state index contributed by atoms with van der Waals surface area (Å²) in [6.07, 6.45) is 4.34. The van der Waals surface area contributed by atoms with Gasteiger partial charge in [-0.1, -0.05) is 31.4 Å². The Balaban J connectivity index is 1.46. The maximum Gasteiger partial charge on any atom is 0.355 e. The molecule has 47 heavy (non-hydrogen) atoms. The molecule has 1 fully saturated rings. The molecule has 0 unspecified atom stereocenters. The van der Waals surface area contributed by atoms with Crippen LogP contribution < -0.4 is 21.1 Å². The van der Waals surface area contributed by atoms with Crippen molar-refractivity contribution >= 4 is 34.8 Å². The Labute approximate surface area is 276 Å². The molecule has 1 aliphatic carbocycles. The molecule has 0 saturated heterocycles. The fourth-order valence-electron chi connectivity index (χ4n) is 6.54. The lowest BCUT2D eigenvalue weighted by molar-refractivity contribution is 0.0691. The number of amides is 2. The topological polar surface area (TPSA) is 167 Å². The molecule has 4 aromatic rings. The number of hydrogen-bond acceptors (Lipinski definition) is 8. The van der Waals surface area contributed by atoms with Crippen LogP contribution in [0.2, 0.25) is 0 Å². The van der Waals surface area contributed by atoms with Crippen LogP contribution in [0.3, 0.4) is 0 Å². The third-order valence-corrected chi connectivity index (χ3v) is 9.94. The van der Waals surface area contributed by atoms with Gasteiger partial charge in [-0.2, -0.15) is 5.26 Å². The molecule has 11 heteroatoms. The number of fused-ring (bicyclic) bond motifs is 3. The van der Waals surface area contributed by atoms with Gasteiger partial charge in [-0.25, -0.2) is 9.78 Å². The summed E-state index contributed by atoms with van der Waals surface area (Å²) in [6, 6.07) is 14.5. The molecule has 2 aromatic carbocycles. The van der Waals surface area contributed by atoms with E-state index in [0.717, 1.165) is 52.0 Å². The average Bonchev–Trinajstić information content (AvgIpc) is 3.47. The van der Waals surface area contributed by atoms with Crippen molar-refractivity contribution < 1.29 is 24.2 Å². The number of nitrogens with one attached hydrogen (secondary N) is 2. The zero-order chi connectivity index (χ0) is 33.3. The number of aryl methyl sites for hydroxylation is 2. The molecule has 240 valence electrons. The summed E-state index contributed by atoms with van der Waals surface area (Å²) < 4.78 is 6.14. The highest BCUT2D eigenvalue weighted by atomic mass is 32.1. The van der Waals surface area contributed by atoms with E-state index in [1.807, 2.05) is 37.4 Å². The molecule has 1 aliphatic heterocycles. The van der Waals surface area contributed by atoms with Crippen LogP contribution in [0.1, 0.15) is 85.7 Å². The quantitative estimate of drug-likeness (QED) is 0.179. The summed E-state index contributed by atoms with van der Waals surface area (Å²) >= 11 is 1.55. The number of carboxylic acids is 1. The maximum absolute atomic E-state index is 14.2. The van der Waals surface area contributed by atoms with E-state index in [1.165, 1.54) is 12.1 Å². The van der Waals surface area contributed by atoms with Gasteiger partial charge in [0, 0.05) is 45.8 Å². The largest absolute Gasteiger partial charge is 0.493 e. The second-order valence-corrected chi connectivity index (χ2v) is 13.1. The molecule has 6 rings (SSSR count). The third-order valence-electron chi connectivity index (χ3n) is 8.95. The molecule has 10 nitrogen and oxygen atoms in total. The minimum absolute atomic E-state index is 0.127. The number of carboxylic acid groups (broad SMARTS) is 1. The number of carbonyl (C=O) groups is 3. The number of pyridine rings is 1. The first-order valence-electron chi connectivity index (χ1n) is 15.6. The number of nitrogens with zero attached hydrogens (tertiary/aromatic N) is 2. The van der Waals surface area contributed by atoms with Gasteiger partial charge >= 0.3 is 5.97 Å². The number of nitriles is 1. The second kappa shape index (κ2) is 13.0. The van der Waals surface area contributed by atoms with Gasteiger partial charge < -0.3 is 26.2 Å². The Kier molecular flexibility index (Phi) is 8.82.